The molecule has 2 rings (SSSR count). The number of nitrogens with zero attached hydrogens (tertiary/aromatic N) is 1. The molecule has 0 aromatic carbocycles. The van der Waals surface area contributed by atoms with E-state index in [2.05, 4.69) is 33.0 Å². The van der Waals surface area contributed by atoms with Crippen LogP contribution in [0.4, 0.5) is 0 Å². The molecule has 2 amide bonds. The molecule has 3 atom stereocenters. The summed E-state index contributed by atoms with van der Waals surface area (Å²) < 4.78 is 0. The molecule has 0 radical (unpaired) electrons. The van der Waals surface area contributed by atoms with Crippen molar-refractivity contribution in [2.45, 2.75) is 83.8 Å². The molecule has 2 aliphatic rings. The second kappa shape index (κ2) is 5.74. The maximum atomic E-state index is 13.0. The van der Waals surface area contributed by atoms with Crippen LogP contribution in [0.3, 0.4) is 0 Å². The zero-order valence-corrected chi connectivity index (χ0v) is 13.2. The van der Waals surface area contributed by atoms with Crippen molar-refractivity contribution in [3.05, 3.63) is 0 Å². The topological polar surface area (TPSA) is 49.4 Å². The van der Waals surface area contributed by atoms with Crippen molar-refractivity contribution in [1.29, 1.82) is 0 Å². The van der Waals surface area contributed by atoms with Crippen molar-refractivity contribution in [2.24, 2.45) is 5.92 Å². The van der Waals surface area contributed by atoms with Crippen LogP contribution in [0.15, 0.2) is 0 Å². The summed E-state index contributed by atoms with van der Waals surface area (Å²) in [5.41, 5.74) is -0.593. The summed E-state index contributed by atoms with van der Waals surface area (Å²) in [5, 5.41) is 3.09. The Morgan fingerprint density at radius 3 is 2.30 bits per heavy atom. The minimum Gasteiger partial charge on any atom is -0.340 e. The third kappa shape index (κ3) is 2.33. The number of amides is 2. The summed E-state index contributed by atoms with van der Waals surface area (Å²) in [6.07, 6.45) is 5.48. The molecule has 0 aromatic rings. The lowest BCUT2D eigenvalue weighted by atomic mass is 9.85. The highest BCUT2D eigenvalue weighted by Gasteiger charge is 2.53. The van der Waals surface area contributed by atoms with Gasteiger partial charge < -0.3 is 10.2 Å². The fraction of sp³-hybridized carbons (Fsp3) is 0.875. The van der Waals surface area contributed by atoms with Gasteiger partial charge in [-0.15, -0.1) is 0 Å². The zero-order valence-electron chi connectivity index (χ0n) is 13.2. The third-order valence-corrected chi connectivity index (χ3v) is 5.28. The van der Waals surface area contributed by atoms with Gasteiger partial charge >= 0.3 is 0 Å². The van der Waals surface area contributed by atoms with Crippen molar-refractivity contribution >= 4 is 11.8 Å². The Labute approximate surface area is 122 Å². The molecule has 1 aliphatic heterocycles. The summed E-state index contributed by atoms with van der Waals surface area (Å²) in [7, 11) is 0. The van der Waals surface area contributed by atoms with Gasteiger partial charge in [-0.05, 0) is 32.1 Å². The molecule has 0 aromatic heterocycles. The first-order valence-corrected chi connectivity index (χ1v) is 8.11. The smallest absolute Gasteiger partial charge is 0.249 e. The molecule has 1 aliphatic carbocycles. The van der Waals surface area contributed by atoms with E-state index in [1.807, 2.05) is 4.90 Å². The number of carbonyl (C=O) groups is 2. The molecule has 4 heteroatoms. The molecule has 1 saturated heterocycles. The molecule has 1 saturated carbocycles. The maximum Gasteiger partial charge on any atom is 0.249 e. The highest BCUT2D eigenvalue weighted by Crippen LogP contribution is 2.37. The van der Waals surface area contributed by atoms with Crippen LogP contribution in [0.25, 0.3) is 0 Å². The van der Waals surface area contributed by atoms with Crippen LogP contribution in [0, 0.1) is 5.92 Å². The van der Waals surface area contributed by atoms with E-state index in [-0.39, 0.29) is 29.8 Å². The molecule has 1 heterocycles. The predicted octanol–water partition coefficient (Wildman–Crippen LogP) is 2.47. The molecule has 1 spiro atoms. The van der Waals surface area contributed by atoms with E-state index >= 15 is 0 Å². The monoisotopic (exact) mass is 280 g/mol. The number of nitrogens with one attached hydrogen (secondary N) is 1. The average molecular weight is 280 g/mol. The Morgan fingerprint density at radius 1 is 1.20 bits per heavy atom. The van der Waals surface area contributed by atoms with Crippen LogP contribution in [0.1, 0.15) is 66.2 Å². The molecule has 4 nitrogen and oxygen atoms in total. The molecule has 2 fully saturated rings. The van der Waals surface area contributed by atoms with Gasteiger partial charge in [-0.1, -0.05) is 40.0 Å². The molecule has 20 heavy (non-hydrogen) atoms. The van der Waals surface area contributed by atoms with Crippen LogP contribution in [0.2, 0.25) is 0 Å². The van der Waals surface area contributed by atoms with E-state index in [1.165, 1.54) is 0 Å². The number of piperazine rings is 1. The van der Waals surface area contributed by atoms with Gasteiger partial charge in [0.1, 0.15) is 11.6 Å². The van der Waals surface area contributed by atoms with Crippen LogP contribution in [-0.2, 0) is 9.59 Å². The standard InChI is InChI=1S/C16H28N2O2/c1-5-11(3)13-14(19)17-16(9-7-8-10-16)15(20)18(13)12(4)6-2/h11-13H,5-10H2,1-4H3,(H,17,19). The minimum atomic E-state index is -0.593. The van der Waals surface area contributed by atoms with Crippen molar-refractivity contribution in [1.82, 2.24) is 10.2 Å². The lowest BCUT2D eigenvalue weighted by molar-refractivity contribution is -0.159. The normalized spacial score (nSPS) is 28.6. The van der Waals surface area contributed by atoms with Crippen molar-refractivity contribution in [2.75, 3.05) is 0 Å². The largest absolute Gasteiger partial charge is 0.340 e. The minimum absolute atomic E-state index is 0.0566. The summed E-state index contributed by atoms with van der Waals surface area (Å²) in [4.78, 5) is 27.6. The lowest BCUT2D eigenvalue weighted by Gasteiger charge is -2.48. The van der Waals surface area contributed by atoms with Crippen molar-refractivity contribution in [3.8, 4) is 0 Å². The summed E-state index contributed by atoms with van der Waals surface area (Å²) in [5.74, 6) is 0.419. The van der Waals surface area contributed by atoms with Gasteiger partial charge in [-0.3, -0.25) is 9.59 Å². The molecular formula is C16H28N2O2. The zero-order chi connectivity index (χ0) is 14.9. The first kappa shape index (κ1) is 15.3. The van der Waals surface area contributed by atoms with Gasteiger partial charge in [0, 0.05) is 6.04 Å². The van der Waals surface area contributed by atoms with Gasteiger partial charge in [-0.2, -0.15) is 0 Å². The fourth-order valence-electron chi connectivity index (χ4n) is 3.61. The first-order chi connectivity index (χ1) is 9.46. The Kier molecular flexibility index (Phi) is 4.40. The van der Waals surface area contributed by atoms with E-state index in [0.29, 0.717) is 0 Å². The maximum absolute atomic E-state index is 13.0. The van der Waals surface area contributed by atoms with E-state index < -0.39 is 5.54 Å². The number of hydrogen-bond donors (Lipinski definition) is 1. The first-order valence-electron chi connectivity index (χ1n) is 8.11. The van der Waals surface area contributed by atoms with Crippen LogP contribution in [0.5, 0.6) is 0 Å². The van der Waals surface area contributed by atoms with Gasteiger partial charge in [0.25, 0.3) is 0 Å². The second-order valence-electron chi connectivity index (χ2n) is 6.58. The summed E-state index contributed by atoms with van der Waals surface area (Å²) in [6.45, 7) is 8.30. The summed E-state index contributed by atoms with van der Waals surface area (Å²) in [6, 6.07) is -0.168. The number of hydrogen-bond acceptors (Lipinski definition) is 2. The molecule has 1 N–H and O–H groups in total. The van der Waals surface area contributed by atoms with Crippen molar-refractivity contribution < 1.29 is 9.59 Å². The predicted molar refractivity (Wildman–Crippen MR) is 79.2 cm³/mol. The van der Waals surface area contributed by atoms with E-state index in [9.17, 15) is 9.59 Å². The SMILES string of the molecule is CCC(C)C1C(=O)NC2(CCCC2)C(=O)N1C(C)CC. The highest BCUT2D eigenvalue weighted by atomic mass is 16.2. The van der Waals surface area contributed by atoms with E-state index in [4.69, 9.17) is 0 Å². The molecule has 0 bridgehead atoms. The van der Waals surface area contributed by atoms with E-state index in [0.717, 1.165) is 38.5 Å². The van der Waals surface area contributed by atoms with Crippen molar-refractivity contribution in [3.63, 3.8) is 0 Å². The van der Waals surface area contributed by atoms with Crippen LogP contribution >= 0.6 is 0 Å². The number of rotatable bonds is 4. The molecular weight excluding hydrogens is 252 g/mol. The average Bonchev–Trinajstić information content (AvgIpc) is 2.90. The Balaban J connectivity index is 2.36. The highest BCUT2D eigenvalue weighted by molar-refractivity contribution is 6.00. The fourth-order valence-corrected chi connectivity index (χ4v) is 3.61. The van der Waals surface area contributed by atoms with Gasteiger partial charge in [0.05, 0.1) is 0 Å². The van der Waals surface area contributed by atoms with Gasteiger partial charge in [0.15, 0.2) is 0 Å². The lowest BCUT2D eigenvalue weighted by Crippen LogP contribution is -2.72. The number of carbonyl (C=O) groups excluding carboxylic acids is 2. The third-order valence-electron chi connectivity index (χ3n) is 5.28. The van der Waals surface area contributed by atoms with Crippen LogP contribution < -0.4 is 5.32 Å². The quantitative estimate of drug-likeness (QED) is 0.860. The second-order valence-corrected chi connectivity index (χ2v) is 6.58. The molecule has 114 valence electrons. The summed E-state index contributed by atoms with van der Waals surface area (Å²) >= 11 is 0. The Morgan fingerprint density at radius 2 is 1.80 bits per heavy atom. The molecule has 3 unspecified atom stereocenters. The Hall–Kier alpha value is -1.06. The van der Waals surface area contributed by atoms with E-state index in [1.54, 1.807) is 0 Å². The van der Waals surface area contributed by atoms with Gasteiger partial charge in [-0.25, -0.2) is 0 Å². The Bertz CT molecular complexity index is 388. The van der Waals surface area contributed by atoms with Crippen LogP contribution in [-0.4, -0.2) is 34.3 Å². The van der Waals surface area contributed by atoms with Gasteiger partial charge in [0.2, 0.25) is 11.8 Å².